The van der Waals surface area contributed by atoms with Gasteiger partial charge in [-0.05, 0) is 13.0 Å². The topological polar surface area (TPSA) is 103 Å². The number of nitrogens with one attached hydrogen (secondary N) is 1. The van der Waals surface area contributed by atoms with E-state index < -0.39 is 25.4 Å². The predicted molar refractivity (Wildman–Crippen MR) is 65.3 cm³/mol. The van der Waals surface area contributed by atoms with E-state index in [4.69, 9.17) is 0 Å². The zero-order valence-corrected chi connectivity index (χ0v) is 10.0. The van der Waals surface area contributed by atoms with Crippen LogP contribution in [0.3, 0.4) is 0 Å². The number of aromatic nitrogens is 3. The smallest absolute Gasteiger partial charge is 0.152 e. The summed E-state index contributed by atoms with van der Waals surface area (Å²) in [5.41, 5.74) is 0.343. The molecular formula is C11H16N4O3. The standard InChI is InChI=1S/C11H16N4O3/c1-8-4-9-10(12-2-3-15(9)14-8)13-11(5-16,6-17)7-18/h2-4,16-18H,5-7H2,1H3,(H,12,13). The van der Waals surface area contributed by atoms with Crippen molar-refractivity contribution in [1.29, 1.82) is 0 Å². The average molecular weight is 252 g/mol. The first kappa shape index (κ1) is 12.7. The van der Waals surface area contributed by atoms with Crippen molar-refractivity contribution in [3.8, 4) is 0 Å². The lowest BCUT2D eigenvalue weighted by molar-refractivity contribution is 0.0832. The minimum Gasteiger partial charge on any atom is -0.394 e. The van der Waals surface area contributed by atoms with E-state index in [0.29, 0.717) is 5.82 Å². The monoisotopic (exact) mass is 252 g/mol. The molecule has 0 saturated heterocycles. The number of aliphatic hydroxyl groups is 3. The van der Waals surface area contributed by atoms with Gasteiger partial charge in [-0.3, -0.25) is 0 Å². The third-order valence-electron chi connectivity index (χ3n) is 2.80. The third kappa shape index (κ3) is 2.15. The van der Waals surface area contributed by atoms with Gasteiger partial charge in [-0.2, -0.15) is 5.10 Å². The van der Waals surface area contributed by atoms with E-state index in [1.165, 1.54) is 0 Å². The van der Waals surface area contributed by atoms with Crippen molar-refractivity contribution in [3.63, 3.8) is 0 Å². The Bertz CT molecular complexity index is 528. The quantitative estimate of drug-likeness (QED) is 0.553. The van der Waals surface area contributed by atoms with Gasteiger partial charge in [0, 0.05) is 12.4 Å². The van der Waals surface area contributed by atoms with Crippen LogP contribution < -0.4 is 5.32 Å². The lowest BCUT2D eigenvalue weighted by Gasteiger charge is -2.29. The fraction of sp³-hybridized carbons (Fsp3) is 0.455. The first-order chi connectivity index (χ1) is 8.64. The van der Waals surface area contributed by atoms with Gasteiger partial charge in [0.25, 0.3) is 0 Å². The van der Waals surface area contributed by atoms with Crippen molar-refractivity contribution < 1.29 is 15.3 Å². The number of aliphatic hydroxyl groups excluding tert-OH is 3. The molecule has 2 aromatic heterocycles. The number of anilines is 1. The number of fused-ring (bicyclic) bond motifs is 1. The van der Waals surface area contributed by atoms with Crippen molar-refractivity contribution in [2.24, 2.45) is 0 Å². The maximum Gasteiger partial charge on any atom is 0.152 e. The highest BCUT2D eigenvalue weighted by molar-refractivity contribution is 5.68. The molecule has 0 aromatic carbocycles. The molecule has 0 saturated carbocycles. The van der Waals surface area contributed by atoms with E-state index in [9.17, 15) is 15.3 Å². The molecule has 7 nitrogen and oxygen atoms in total. The highest BCUT2D eigenvalue weighted by Crippen LogP contribution is 2.19. The van der Waals surface area contributed by atoms with Crippen LogP contribution in [0.25, 0.3) is 5.52 Å². The van der Waals surface area contributed by atoms with Crippen LogP contribution >= 0.6 is 0 Å². The molecule has 2 heterocycles. The van der Waals surface area contributed by atoms with E-state index in [1.807, 2.05) is 13.0 Å². The summed E-state index contributed by atoms with van der Waals surface area (Å²) in [6.07, 6.45) is 3.25. The number of rotatable bonds is 5. The minimum absolute atomic E-state index is 0.407. The molecule has 0 aliphatic heterocycles. The Hall–Kier alpha value is -1.70. The van der Waals surface area contributed by atoms with E-state index in [0.717, 1.165) is 11.2 Å². The second kappa shape index (κ2) is 4.89. The molecule has 2 rings (SSSR count). The van der Waals surface area contributed by atoms with Crippen LogP contribution in [0.5, 0.6) is 0 Å². The highest BCUT2D eigenvalue weighted by atomic mass is 16.3. The third-order valence-corrected chi connectivity index (χ3v) is 2.80. The molecule has 0 bridgehead atoms. The van der Waals surface area contributed by atoms with Crippen molar-refractivity contribution in [3.05, 3.63) is 24.2 Å². The SMILES string of the molecule is Cc1cc2c(NC(CO)(CO)CO)nccn2n1. The van der Waals surface area contributed by atoms with E-state index >= 15 is 0 Å². The number of nitrogens with zero attached hydrogens (tertiary/aromatic N) is 3. The Morgan fingerprint density at radius 1 is 1.28 bits per heavy atom. The first-order valence-corrected chi connectivity index (χ1v) is 5.56. The van der Waals surface area contributed by atoms with Crippen LogP contribution in [0, 0.1) is 6.92 Å². The van der Waals surface area contributed by atoms with Crippen molar-refractivity contribution >= 4 is 11.3 Å². The van der Waals surface area contributed by atoms with Crippen LogP contribution in [0.15, 0.2) is 18.5 Å². The summed E-state index contributed by atoms with van der Waals surface area (Å²) >= 11 is 0. The summed E-state index contributed by atoms with van der Waals surface area (Å²) < 4.78 is 1.64. The van der Waals surface area contributed by atoms with Gasteiger partial charge in [0.1, 0.15) is 11.1 Å². The molecule has 2 aromatic rings. The normalized spacial score (nSPS) is 12.0. The molecule has 0 atom stereocenters. The maximum absolute atomic E-state index is 9.28. The van der Waals surface area contributed by atoms with Crippen LogP contribution in [0.4, 0.5) is 5.82 Å². The van der Waals surface area contributed by atoms with Gasteiger partial charge in [-0.25, -0.2) is 9.50 Å². The number of hydrogen-bond acceptors (Lipinski definition) is 6. The fourth-order valence-corrected chi connectivity index (χ4v) is 1.66. The van der Waals surface area contributed by atoms with Crippen molar-refractivity contribution in [2.45, 2.75) is 12.5 Å². The summed E-state index contributed by atoms with van der Waals surface area (Å²) in [6, 6.07) is 1.83. The fourth-order valence-electron chi connectivity index (χ4n) is 1.66. The van der Waals surface area contributed by atoms with Gasteiger partial charge in [-0.1, -0.05) is 0 Å². The summed E-state index contributed by atoms with van der Waals surface area (Å²) in [6.45, 7) is 0.635. The summed E-state index contributed by atoms with van der Waals surface area (Å²) in [7, 11) is 0. The molecular weight excluding hydrogens is 236 g/mol. The van der Waals surface area contributed by atoms with Crippen LogP contribution in [0.2, 0.25) is 0 Å². The zero-order chi connectivity index (χ0) is 13.2. The molecule has 0 amide bonds. The Morgan fingerprint density at radius 2 is 1.94 bits per heavy atom. The number of hydrogen-bond donors (Lipinski definition) is 4. The van der Waals surface area contributed by atoms with E-state index in [-0.39, 0.29) is 0 Å². The second-order valence-corrected chi connectivity index (χ2v) is 4.27. The minimum atomic E-state index is -1.20. The maximum atomic E-state index is 9.28. The van der Waals surface area contributed by atoms with Crippen molar-refractivity contribution in [1.82, 2.24) is 14.6 Å². The lowest BCUT2D eigenvalue weighted by atomic mass is 10.0. The molecule has 98 valence electrons. The largest absolute Gasteiger partial charge is 0.394 e. The molecule has 0 aliphatic rings. The Kier molecular flexibility index (Phi) is 3.46. The highest BCUT2D eigenvalue weighted by Gasteiger charge is 2.29. The van der Waals surface area contributed by atoms with Gasteiger partial charge < -0.3 is 20.6 Å². The summed E-state index contributed by atoms with van der Waals surface area (Å²) in [5.74, 6) is 0.454. The van der Waals surface area contributed by atoms with Gasteiger partial charge in [0.05, 0.1) is 25.5 Å². The van der Waals surface area contributed by atoms with Crippen LogP contribution in [0.1, 0.15) is 5.69 Å². The Balaban J connectivity index is 2.42. The molecule has 0 spiro atoms. The second-order valence-electron chi connectivity index (χ2n) is 4.27. The predicted octanol–water partition coefficient (Wildman–Crippen LogP) is -0.835. The van der Waals surface area contributed by atoms with Crippen molar-refractivity contribution in [2.75, 3.05) is 25.1 Å². The molecule has 18 heavy (non-hydrogen) atoms. The zero-order valence-electron chi connectivity index (χ0n) is 10.0. The molecule has 4 N–H and O–H groups in total. The van der Waals surface area contributed by atoms with Gasteiger partial charge in [-0.15, -0.1) is 0 Å². The summed E-state index contributed by atoms with van der Waals surface area (Å²) in [4.78, 5) is 4.14. The lowest BCUT2D eigenvalue weighted by Crippen LogP contribution is -2.49. The van der Waals surface area contributed by atoms with Gasteiger partial charge in [0.2, 0.25) is 0 Å². The van der Waals surface area contributed by atoms with Gasteiger partial charge >= 0.3 is 0 Å². The molecule has 0 aliphatic carbocycles. The van der Waals surface area contributed by atoms with Crippen LogP contribution in [-0.4, -0.2) is 55.3 Å². The first-order valence-electron chi connectivity index (χ1n) is 5.56. The molecule has 0 fully saturated rings. The Morgan fingerprint density at radius 3 is 2.56 bits per heavy atom. The van der Waals surface area contributed by atoms with Gasteiger partial charge in [0.15, 0.2) is 5.82 Å². The molecule has 0 unspecified atom stereocenters. The number of aryl methyl sites for hydroxylation is 1. The molecule has 0 radical (unpaired) electrons. The summed E-state index contributed by atoms with van der Waals surface area (Å²) in [5, 5.41) is 35.0. The average Bonchev–Trinajstić information content (AvgIpc) is 2.77. The van der Waals surface area contributed by atoms with Crippen LogP contribution in [-0.2, 0) is 0 Å². The van der Waals surface area contributed by atoms with E-state index in [2.05, 4.69) is 15.4 Å². The molecule has 7 heteroatoms. The van der Waals surface area contributed by atoms with E-state index in [1.54, 1.807) is 16.9 Å². The Labute approximate surface area is 104 Å².